The Morgan fingerprint density at radius 1 is 1.80 bits per heavy atom. The first kappa shape index (κ1) is 7.54. The van der Waals surface area contributed by atoms with Gasteiger partial charge in [-0.15, -0.1) is 0 Å². The second kappa shape index (κ2) is 3.56. The van der Waals surface area contributed by atoms with E-state index in [0.717, 1.165) is 13.0 Å². The van der Waals surface area contributed by atoms with E-state index in [0.29, 0.717) is 12.5 Å². The molecule has 0 aromatic carbocycles. The van der Waals surface area contributed by atoms with Crippen LogP contribution in [0.2, 0.25) is 0 Å². The summed E-state index contributed by atoms with van der Waals surface area (Å²) >= 11 is 0. The first-order valence-electron chi connectivity index (χ1n) is 3.77. The van der Waals surface area contributed by atoms with Crippen molar-refractivity contribution in [2.45, 2.75) is 25.3 Å². The van der Waals surface area contributed by atoms with Crippen molar-refractivity contribution in [3.05, 3.63) is 0 Å². The van der Waals surface area contributed by atoms with Crippen LogP contribution in [0.15, 0.2) is 0 Å². The summed E-state index contributed by atoms with van der Waals surface area (Å²) in [6.07, 6.45) is 2.99. The third-order valence-electron chi connectivity index (χ3n) is 1.87. The van der Waals surface area contributed by atoms with Crippen molar-refractivity contribution >= 4 is 5.91 Å². The molecule has 1 fully saturated rings. The predicted molar refractivity (Wildman–Crippen MR) is 39.7 cm³/mol. The van der Waals surface area contributed by atoms with Crippen molar-refractivity contribution in [1.82, 2.24) is 10.6 Å². The van der Waals surface area contributed by atoms with Gasteiger partial charge in [0.05, 0.1) is 0 Å². The maximum absolute atomic E-state index is 10.8. The van der Waals surface area contributed by atoms with Crippen LogP contribution in [0.1, 0.15) is 19.3 Å². The van der Waals surface area contributed by atoms with Crippen molar-refractivity contribution in [1.29, 1.82) is 0 Å². The zero-order chi connectivity index (χ0) is 7.40. The number of nitrogens with one attached hydrogen (secondary N) is 2. The molecule has 0 aromatic heterocycles. The third kappa shape index (κ3) is 1.99. The largest absolute Gasteiger partial charge is 0.359 e. The van der Waals surface area contributed by atoms with Gasteiger partial charge in [-0.1, -0.05) is 0 Å². The Bertz CT molecular complexity index is 119. The van der Waals surface area contributed by atoms with Gasteiger partial charge in [0.1, 0.15) is 0 Å². The number of amides is 1. The highest BCUT2D eigenvalue weighted by Gasteiger charge is 2.16. The Morgan fingerprint density at radius 3 is 3.10 bits per heavy atom. The van der Waals surface area contributed by atoms with Crippen molar-refractivity contribution in [2.24, 2.45) is 0 Å². The summed E-state index contributed by atoms with van der Waals surface area (Å²) < 4.78 is 0. The van der Waals surface area contributed by atoms with Gasteiger partial charge in [-0.3, -0.25) is 4.79 Å². The second-order valence-corrected chi connectivity index (χ2v) is 2.67. The lowest BCUT2D eigenvalue weighted by atomic mass is 10.1. The maximum Gasteiger partial charge on any atom is 0.221 e. The SMILES string of the molecule is CNC(=O)C[C@H]1CCCN1. The lowest BCUT2D eigenvalue weighted by Gasteiger charge is -2.07. The fourth-order valence-electron chi connectivity index (χ4n) is 1.26. The zero-order valence-electron chi connectivity index (χ0n) is 6.31. The molecule has 10 heavy (non-hydrogen) atoms. The molecule has 3 heteroatoms. The van der Waals surface area contributed by atoms with Crippen LogP contribution in [0.25, 0.3) is 0 Å². The van der Waals surface area contributed by atoms with Crippen molar-refractivity contribution in [2.75, 3.05) is 13.6 Å². The molecular weight excluding hydrogens is 128 g/mol. The van der Waals surface area contributed by atoms with Crippen LogP contribution in [0.4, 0.5) is 0 Å². The first-order valence-corrected chi connectivity index (χ1v) is 3.77. The van der Waals surface area contributed by atoms with Crippen LogP contribution in [0, 0.1) is 0 Å². The molecule has 1 saturated heterocycles. The Morgan fingerprint density at radius 2 is 2.60 bits per heavy atom. The minimum absolute atomic E-state index is 0.138. The molecule has 0 aliphatic carbocycles. The van der Waals surface area contributed by atoms with E-state index in [2.05, 4.69) is 10.6 Å². The van der Waals surface area contributed by atoms with Gasteiger partial charge in [0.25, 0.3) is 0 Å². The summed E-state index contributed by atoms with van der Waals surface area (Å²) in [7, 11) is 1.68. The molecule has 0 aromatic rings. The molecule has 2 N–H and O–H groups in total. The summed E-state index contributed by atoms with van der Waals surface area (Å²) in [5.74, 6) is 0.138. The Hall–Kier alpha value is -0.570. The van der Waals surface area contributed by atoms with Gasteiger partial charge in [-0.05, 0) is 19.4 Å². The molecule has 1 aliphatic rings. The molecule has 1 aliphatic heterocycles. The highest BCUT2D eigenvalue weighted by atomic mass is 16.1. The van der Waals surface area contributed by atoms with E-state index >= 15 is 0 Å². The average molecular weight is 142 g/mol. The average Bonchev–Trinajstić information content (AvgIpc) is 2.40. The second-order valence-electron chi connectivity index (χ2n) is 2.67. The molecule has 1 rings (SSSR count). The van der Waals surface area contributed by atoms with E-state index in [4.69, 9.17) is 0 Å². The highest BCUT2D eigenvalue weighted by molar-refractivity contribution is 5.76. The molecule has 1 atom stereocenters. The number of carbonyl (C=O) groups is 1. The lowest BCUT2D eigenvalue weighted by molar-refractivity contribution is -0.121. The monoisotopic (exact) mass is 142 g/mol. The molecule has 1 heterocycles. The molecule has 3 nitrogen and oxygen atoms in total. The normalized spacial score (nSPS) is 24.7. The van der Waals surface area contributed by atoms with Gasteiger partial charge < -0.3 is 10.6 Å². The first-order chi connectivity index (χ1) is 4.83. The van der Waals surface area contributed by atoms with Crippen molar-refractivity contribution < 1.29 is 4.79 Å². The van der Waals surface area contributed by atoms with Gasteiger partial charge in [0, 0.05) is 19.5 Å². The number of carbonyl (C=O) groups excluding carboxylic acids is 1. The number of hydrogen-bond donors (Lipinski definition) is 2. The summed E-state index contributed by atoms with van der Waals surface area (Å²) in [5.41, 5.74) is 0. The fourth-order valence-corrected chi connectivity index (χ4v) is 1.26. The fraction of sp³-hybridized carbons (Fsp3) is 0.857. The molecule has 0 saturated carbocycles. The van der Waals surface area contributed by atoms with E-state index in [-0.39, 0.29) is 5.91 Å². The van der Waals surface area contributed by atoms with E-state index in [1.807, 2.05) is 0 Å². The van der Waals surface area contributed by atoms with Gasteiger partial charge in [0.15, 0.2) is 0 Å². The highest BCUT2D eigenvalue weighted by Crippen LogP contribution is 2.07. The Labute approximate surface area is 61.2 Å². The van der Waals surface area contributed by atoms with Gasteiger partial charge in [0.2, 0.25) is 5.91 Å². The van der Waals surface area contributed by atoms with E-state index in [1.54, 1.807) is 7.05 Å². The minimum Gasteiger partial charge on any atom is -0.359 e. The summed E-state index contributed by atoms with van der Waals surface area (Å²) in [4.78, 5) is 10.8. The van der Waals surface area contributed by atoms with Crippen LogP contribution >= 0.6 is 0 Å². The number of hydrogen-bond acceptors (Lipinski definition) is 2. The standard InChI is InChI=1S/C7H14N2O/c1-8-7(10)5-6-3-2-4-9-6/h6,9H,2-5H2,1H3,(H,8,10)/t6-/m1/s1. The van der Waals surface area contributed by atoms with Crippen molar-refractivity contribution in [3.8, 4) is 0 Å². The maximum atomic E-state index is 10.8. The van der Waals surface area contributed by atoms with Crippen LogP contribution in [-0.4, -0.2) is 25.5 Å². The van der Waals surface area contributed by atoms with Gasteiger partial charge in [-0.25, -0.2) is 0 Å². The van der Waals surface area contributed by atoms with Crippen LogP contribution < -0.4 is 10.6 Å². The van der Waals surface area contributed by atoms with Crippen LogP contribution in [0.3, 0.4) is 0 Å². The van der Waals surface area contributed by atoms with E-state index in [1.165, 1.54) is 6.42 Å². The molecule has 0 spiro atoms. The predicted octanol–water partition coefficient (Wildman–Crippen LogP) is -0.126. The smallest absolute Gasteiger partial charge is 0.221 e. The summed E-state index contributed by atoms with van der Waals surface area (Å²) in [5, 5.41) is 5.87. The van der Waals surface area contributed by atoms with Gasteiger partial charge >= 0.3 is 0 Å². The van der Waals surface area contributed by atoms with Crippen LogP contribution in [0.5, 0.6) is 0 Å². The Balaban J connectivity index is 2.17. The van der Waals surface area contributed by atoms with E-state index in [9.17, 15) is 4.79 Å². The quantitative estimate of drug-likeness (QED) is 0.564. The molecule has 0 bridgehead atoms. The topological polar surface area (TPSA) is 41.1 Å². The molecule has 0 unspecified atom stereocenters. The lowest BCUT2D eigenvalue weighted by Crippen LogP contribution is -2.29. The third-order valence-corrected chi connectivity index (χ3v) is 1.87. The molecule has 0 radical (unpaired) electrons. The van der Waals surface area contributed by atoms with Crippen LogP contribution in [-0.2, 0) is 4.79 Å². The van der Waals surface area contributed by atoms with Gasteiger partial charge in [-0.2, -0.15) is 0 Å². The summed E-state index contributed by atoms with van der Waals surface area (Å²) in [6.45, 7) is 1.07. The molecule has 58 valence electrons. The molecule has 1 amide bonds. The molecular formula is C7H14N2O. The Kier molecular flexibility index (Phi) is 2.68. The number of rotatable bonds is 2. The van der Waals surface area contributed by atoms with Crippen molar-refractivity contribution in [3.63, 3.8) is 0 Å². The summed E-state index contributed by atoms with van der Waals surface area (Å²) in [6, 6.07) is 0.431. The minimum atomic E-state index is 0.138. The zero-order valence-corrected chi connectivity index (χ0v) is 6.31. The van der Waals surface area contributed by atoms with E-state index < -0.39 is 0 Å².